The first-order valence-electron chi connectivity index (χ1n) is 7.85. The molecule has 0 aliphatic rings. The normalized spacial score (nSPS) is 15.3. The zero-order valence-corrected chi connectivity index (χ0v) is 13.9. The van der Waals surface area contributed by atoms with Crippen LogP contribution >= 0.6 is 0 Å². The van der Waals surface area contributed by atoms with Crippen molar-refractivity contribution in [2.75, 3.05) is 0 Å². The Morgan fingerprint density at radius 1 is 1.24 bits per heavy atom. The summed E-state index contributed by atoms with van der Waals surface area (Å²) in [6.45, 7) is 8.98. The van der Waals surface area contributed by atoms with Crippen molar-refractivity contribution in [2.45, 2.75) is 53.1 Å². The summed E-state index contributed by atoms with van der Waals surface area (Å²) in [6, 6.07) is 8.21. The fourth-order valence-corrected chi connectivity index (χ4v) is 3.34. The third-order valence-corrected chi connectivity index (χ3v) is 3.90. The van der Waals surface area contributed by atoms with Gasteiger partial charge in [0.15, 0.2) is 0 Å². The van der Waals surface area contributed by atoms with Crippen LogP contribution in [0.15, 0.2) is 24.3 Å². The number of benzene rings is 1. The highest BCUT2D eigenvalue weighted by Crippen LogP contribution is 2.27. The van der Waals surface area contributed by atoms with Gasteiger partial charge < -0.3 is 5.11 Å². The summed E-state index contributed by atoms with van der Waals surface area (Å²) in [5.41, 5.74) is 2.45. The number of aromatic nitrogens is 2. The Kier molecular flexibility index (Phi) is 4.72. The maximum Gasteiger partial charge on any atom is 0.0728 e. The van der Waals surface area contributed by atoms with Gasteiger partial charge >= 0.3 is 0 Å². The van der Waals surface area contributed by atoms with Crippen molar-refractivity contribution in [3.63, 3.8) is 0 Å². The molecule has 2 aromatic rings. The molecule has 1 aromatic heterocycles. The monoisotopic (exact) mass is 288 g/mol. The molecule has 1 N–H and O–H groups in total. The fourth-order valence-electron chi connectivity index (χ4n) is 3.34. The van der Waals surface area contributed by atoms with E-state index in [4.69, 9.17) is 0 Å². The van der Waals surface area contributed by atoms with Crippen molar-refractivity contribution in [2.24, 2.45) is 18.4 Å². The van der Waals surface area contributed by atoms with E-state index in [0.717, 1.165) is 29.4 Å². The summed E-state index contributed by atoms with van der Waals surface area (Å²) >= 11 is 0. The first-order chi connectivity index (χ1) is 9.76. The number of fused-ring (bicyclic) bond motifs is 1. The highest BCUT2D eigenvalue weighted by Gasteiger charge is 2.19. The molecular weight excluding hydrogens is 260 g/mol. The lowest BCUT2D eigenvalue weighted by Crippen LogP contribution is -2.19. The van der Waals surface area contributed by atoms with Gasteiger partial charge in [-0.2, -0.15) is 5.10 Å². The molecule has 0 spiro atoms. The molecule has 2 rings (SSSR count). The van der Waals surface area contributed by atoms with Crippen LogP contribution in [0.25, 0.3) is 10.9 Å². The number of hydrogen-bond donors (Lipinski definition) is 1. The van der Waals surface area contributed by atoms with Gasteiger partial charge in [-0.3, -0.25) is 4.68 Å². The van der Waals surface area contributed by atoms with Crippen LogP contribution in [0.4, 0.5) is 0 Å². The maximum atomic E-state index is 10.4. The second-order valence-electron chi connectivity index (χ2n) is 7.55. The van der Waals surface area contributed by atoms with Gasteiger partial charge in [-0.1, -0.05) is 45.9 Å². The molecule has 1 aromatic carbocycles. The second-order valence-corrected chi connectivity index (χ2v) is 7.55. The smallest absolute Gasteiger partial charge is 0.0728 e. The van der Waals surface area contributed by atoms with E-state index in [9.17, 15) is 5.11 Å². The van der Waals surface area contributed by atoms with E-state index in [2.05, 4.69) is 44.9 Å². The van der Waals surface area contributed by atoms with Crippen molar-refractivity contribution in [1.29, 1.82) is 0 Å². The third kappa shape index (κ3) is 4.31. The van der Waals surface area contributed by atoms with E-state index in [1.54, 1.807) is 0 Å². The Labute approximate surface area is 128 Å². The Morgan fingerprint density at radius 3 is 2.57 bits per heavy atom. The van der Waals surface area contributed by atoms with Crippen LogP contribution in [0.3, 0.4) is 0 Å². The Balaban J connectivity index is 2.03. The Hall–Kier alpha value is -1.35. The van der Waals surface area contributed by atoms with Gasteiger partial charge in [-0.25, -0.2) is 0 Å². The lowest BCUT2D eigenvalue weighted by atomic mass is 9.83. The van der Waals surface area contributed by atoms with Crippen LogP contribution < -0.4 is 0 Å². The van der Waals surface area contributed by atoms with E-state index in [0.29, 0.717) is 17.8 Å². The van der Waals surface area contributed by atoms with Gasteiger partial charge in [0, 0.05) is 18.9 Å². The molecule has 0 bridgehead atoms. The molecule has 21 heavy (non-hydrogen) atoms. The minimum atomic E-state index is -0.319. The minimum absolute atomic E-state index is 0.316. The summed E-state index contributed by atoms with van der Waals surface area (Å²) in [6.07, 6.45) is 2.28. The summed E-state index contributed by atoms with van der Waals surface area (Å²) < 4.78 is 1.90. The number of aryl methyl sites for hydroxylation is 1. The molecule has 2 unspecified atom stereocenters. The largest absolute Gasteiger partial charge is 0.393 e. The quantitative estimate of drug-likeness (QED) is 0.905. The van der Waals surface area contributed by atoms with Crippen molar-refractivity contribution in [3.05, 3.63) is 30.0 Å². The zero-order chi connectivity index (χ0) is 15.6. The van der Waals surface area contributed by atoms with E-state index < -0.39 is 0 Å². The zero-order valence-electron chi connectivity index (χ0n) is 13.9. The summed E-state index contributed by atoms with van der Waals surface area (Å²) in [4.78, 5) is 0. The van der Waals surface area contributed by atoms with Gasteiger partial charge in [0.05, 0.1) is 17.3 Å². The lowest BCUT2D eigenvalue weighted by Gasteiger charge is -2.24. The molecule has 0 radical (unpaired) electrons. The minimum Gasteiger partial charge on any atom is -0.393 e. The topological polar surface area (TPSA) is 38.1 Å². The highest BCUT2D eigenvalue weighted by atomic mass is 16.3. The maximum absolute atomic E-state index is 10.4. The van der Waals surface area contributed by atoms with Crippen molar-refractivity contribution in [1.82, 2.24) is 9.78 Å². The molecule has 0 aliphatic heterocycles. The van der Waals surface area contributed by atoms with Crippen LogP contribution in [0.5, 0.6) is 0 Å². The molecule has 0 saturated heterocycles. The molecular formula is C18H28N2O. The van der Waals surface area contributed by atoms with E-state index in [1.165, 1.54) is 0 Å². The SMILES string of the molecule is CC(CC(O)Cc1nn(C)c2ccccc12)CC(C)(C)C. The van der Waals surface area contributed by atoms with Crippen molar-refractivity contribution in [3.8, 4) is 0 Å². The van der Waals surface area contributed by atoms with Crippen LogP contribution in [0.2, 0.25) is 0 Å². The summed E-state index contributed by atoms with van der Waals surface area (Å²) in [5.74, 6) is 0.523. The van der Waals surface area contributed by atoms with Gasteiger partial charge in [0.2, 0.25) is 0 Å². The number of nitrogens with zero attached hydrogens (tertiary/aromatic N) is 2. The number of rotatable bonds is 5. The second kappa shape index (κ2) is 6.18. The van der Waals surface area contributed by atoms with E-state index >= 15 is 0 Å². The van der Waals surface area contributed by atoms with Crippen molar-refractivity contribution >= 4 is 10.9 Å². The Bertz CT molecular complexity index is 595. The van der Waals surface area contributed by atoms with E-state index in [1.807, 2.05) is 23.9 Å². The van der Waals surface area contributed by atoms with Crippen LogP contribution in [0, 0.1) is 11.3 Å². The van der Waals surface area contributed by atoms with Gasteiger partial charge in [-0.15, -0.1) is 0 Å². The number of aliphatic hydroxyl groups excluding tert-OH is 1. The predicted octanol–water partition coefficient (Wildman–Crippen LogP) is 3.94. The number of hydrogen-bond acceptors (Lipinski definition) is 2. The average molecular weight is 288 g/mol. The van der Waals surface area contributed by atoms with Crippen LogP contribution in [-0.4, -0.2) is 21.0 Å². The summed E-state index contributed by atoms with van der Waals surface area (Å²) in [5, 5.41) is 16.1. The molecule has 0 fully saturated rings. The number of aliphatic hydroxyl groups is 1. The van der Waals surface area contributed by atoms with Crippen LogP contribution in [0.1, 0.15) is 46.2 Å². The Morgan fingerprint density at radius 2 is 1.90 bits per heavy atom. The summed E-state index contributed by atoms with van der Waals surface area (Å²) in [7, 11) is 1.96. The standard InChI is InChI=1S/C18H28N2O/c1-13(12-18(2,3)4)10-14(21)11-16-15-8-6-7-9-17(15)20(5)19-16/h6-9,13-14,21H,10-12H2,1-5H3. The molecule has 0 amide bonds. The molecule has 3 heteroatoms. The van der Waals surface area contributed by atoms with Gasteiger partial charge in [0.25, 0.3) is 0 Å². The lowest BCUT2D eigenvalue weighted by molar-refractivity contribution is 0.132. The number of para-hydroxylation sites is 1. The van der Waals surface area contributed by atoms with E-state index in [-0.39, 0.29) is 6.10 Å². The van der Waals surface area contributed by atoms with Crippen LogP contribution in [-0.2, 0) is 13.5 Å². The molecule has 3 nitrogen and oxygen atoms in total. The molecule has 1 heterocycles. The molecule has 116 valence electrons. The fraction of sp³-hybridized carbons (Fsp3) is 0.611. The first-order valence-corrected chi connectivity index (χ1v) is 7.85. The highest BCUT2D eigenvalue weighted by molar-refractivity contribution is 5.81. The van der Waals surface area contributed by atoms with Crippen molar-refractivity contribution < 1.29 is 5.11 Å². The molecule has 0 aliphatic carbocycles. The molecule has 2 atom stereocenters. The molecule has 0 saturated carbocycles. The first kappa shape index (κ1) is 16.0. The average Bonchev–Trinajstić information content (AvgIpc) is 2.64. The van der Waals surface area contributed by atoms with Gasteiger partial charge in [0.1, 0.15) is 0 Å². The third-order valence-electron chi connectivity index (χ3n) is 3.90. The predicted molar refractivity (Wildman–Crippen MR) is 88.3 cm³/mol. The van der Waals surface area contributed by atoms with Gasteiger partial charge in [-0.05, 0) is 30.2 Å².